The first-order valence-corrected chi connectivity index (χ1v) is 9.11. The Morgan fingerprint density at radius 1 is 0.731 bits per heavy atom. The molecule has 0 fully saturated rings. The summed E-state index contributed by atoms with van der Waals surface area (Å²) in [5.41, 5.74) is 3.97. The van der Waals surface area contributed by atoms with E-state index in [1.165, 1.54) is 27.6 Å². The van der Waals surface area contributed by atoms with Crippen LogP contribution in [0.2, 0.25) is 0 Å². The smallest absolute Gasteiger partial charge is 0.118 e. The van der Waals surface area contributed by atoms with Crippen LogP contribution in [0.3, 0.4) is 0 Å². The summed E-state index contributed by atoms with van der Waals surface area (Å²) in [4.78, 5) is 0. The zero-order valence-electron chi connectivity index (χ0n) is 15.1. The molecule has 26 heavy (non-hydrogen) atoms. The highest BCUT2D eigenvalue weighted by molar-refractivity contribution is 5.85. The number of aromatic nitrogens is 1. The number of ether oxygens (including phenoxy) is 1. The SMILES string of the molecule is COc1ccc(CCCc2ccc3cc(-n4cccc4)ccc3c2)cc1. The van der Waals surface area contributed by atoms with E-state index in [1.54, 1.807) is 7.11 Å². The molecule has 3 aromatic carbocycles. The van der Waals surface area contributed by atoms with E-state index in [4.69, 9.17) is 4.74 Å². The van der Waals surface area contributed by atoms with Crippen molar-refractivity contribution in [2.75, 3.05) is 7.11 Å². The molecule has 0 aliphatic heterocycles. The molecule has 0 amide bonds. The predicted molar refractivity (Wildman–Crippen MR) is 108 cm³/mol. The van der Waals surface area contributed by atoms with Crippen molar-refractivity contribution in [3.05, 3.63) is 96.3 Å². The molecule has 4 aromatic rings. The van der Waals surface area contributed by atoms with Gasteiger partial charge in [-0.3, -0.25) is 0 Å². The summed E-state index contributed by atoms with van der Waals surface area (Å²) in [6, 6.07) is 26.0. The molecule has 4 rings (SSSR count). The van der Waals surface area contributed by atoms with Gasteiger partial charge in [0.25, 0.3) is 0 Å². The van der Waals surface area contributed by atoms with Crippen molar-refractivity contribution >= 4 is 10.8 Å². The lowest BCUT2D eigenvalue weighted by molar-refractivity contribution is 0.414. The van der Waals surface area contributed by atoms with Gasteiger partial charge in [0.15, 0.2) is 0 Å². The molecule has 0 saturated heterocycles. The lowest BCUT2D eigenvalue weighted by Crippen LogP contribution is -1.92. The van der Waals surface area contributed by atoms with Crippen LogP contribution >= 0.6 is 0 Å². The summed E-state index contributed by atoms with van der Waals surface area (Å²) in [5.74, 6) is 0.919. The van der Waals surface area contributed by atoms with E-state index in [0.717, 1.165) is 25.0 Å². The molecule has 0 radical (unpaired) electrons. The zero-order chi connectivity index (χ0) is 17.8. The van der Waals surface area contributed by atoms with E-state index in [9.17, 15) is 0 Å². The van der Waals surface area contributed by atoms with Crippen LogP contribution in [-0.2, 0) is 12.8 Å². The first-order valence-electron chi connectivity index (χ1n) is 9.11. The number of hydrogen-bond acceptors (Lipinski definition) is 1. The Labute approximate surface area is 154 Å². The molecule has 0 atom stereocenters. The maximum Gasteiger partial charge on any atom is 0.118 e. The molecular weight excluding hydrogens is 318 g/mol. The van der Waals surface area contributed by atoms with E-state index in [2.05, 4.69) is 77.6 Å². The highest BCUT2D eigenvalue weighted by atomic mass is 16.5. The van der Waals surface area contributed by atoms with Gasteiger partial charge in [0, 0.05) is 18.1 Å². The summed E-state index contributed by atoms with van der Waals surface area (Å²) < 4.78 is 7.36. The topological polar surface area (TPSA) is 14.2 Å². The standard InChI is InChI=1S/C24H23NO/c1-26-24-13-8-19(9-14-24)5-4-6-20-7-10-22-18-23(12-11-21(22)17-20)25-15-2-3-16-25/h2-3,7-18H,4-6H2,1H3. The minimum Gasteiger partial charge on any atom is -0.497 e. The first-order chi connectivity index (χ1) is 12.8. The lowest BCUT2D eigenvalue weighted by atomic mass is 10.0. The largest absolute Gasteiger partial charge is 0.497 e. The van der Waals surface area contributed by atoms with Gasteiger partial charge in [0.2, 0.25) is 0 Å². The molecule has 0 saturated carbocycles. The third-order valence-corrected chi connectivity index (χ3v) is 4.88. The number of nitrogens with zero attached hydrogens (tertiary/aromatic N) is 1. The molecule has 0 aliphatic rings. The molecule has 0 unspecified atom stereocenters. The zero-order valence-corrected chi connectivity index (χ0v) is 15.1. The number of hydrogen-bond donors (Lipinski definition) is 0. The van der Waals surface area contributed by atoms with Crippen LogP contribution in [0.4, 0.5) is 0 Å². The van der Waals surface area contributed by atoms with Crippen LogP contribution in [0.5, 0.6) is 5.75 Å². The van der Waals surface area contributed by atoms with E-state index in [1.807, 2.05) is 12.1 Å². The molecule has 1 aromatic heterocycles. The molecule has 2 nitrogen and oxygen atoms in total. The van der Waals surface area contributed by atoms with Crippen LogP contribution in [0.15, 0.2) is 85.2 Å². The Balaban J connectivity index is 1.43. The summed E-state index contributed by atoms with van der Waals surface area (Å²) in [6.45, 7) is 0. The van der Waals surface area contributed by atoms with Crippen molar-refractivity contribution < 1.29 is 4.74 Å². The van der Waals surface area contributed by atoms with Crippen LogP contribution < -0.4 is 4.74 Å². The molecule has 0 N–H and O–H groups in total. The Hall–Kier alpha value is -3.00. The van der Waals surface area contributed by atoms with Crippen LogP contribution in [0.1, 0.15) is 17.5 Å². The molecular formula is C24H23NO. The summed E-state index contributed by atoms with van der Waals surface area (Å²) in [6.07, 6.45) is 7.50. The fourth-order valence-corrected chi connectivity index (χ4v) is 3.39. The fraction of sp³-hybridized carbons (Fsp3) is 0.167. The second-order valence-corrected chi connectivity index (χ2v) is 6.66. The van der Waals surface area contributed by atoms with Crippen molar-refractivity contribution in [2.24, 2.45) is 0 Å². The van der Waals surface area contributed by atoms with Crippen molar-refractivity contribution in [1.82, 2.24) is 4.57 Å². The number of rotatable bonds is 6. The summed E-state index contributed by atoms with van der Waals surface area (Å²) >= 11 is 0. The van der Waals surface area contributed by atoms with E-state index >= 15 is 0 Å². The Morgan fingerprint density at radius 3 is 2.15 bits per heavy atom. The Kier molecular flexibility index (Phi) is 4.74. The minimum atomic E-state index is 0.919. The molecule has 1 heterocycles. The quantitative estimate of drug-likeness (QED) is 0.431. The molecule has 2 heteroatoms. The van der Waals surface area contributed by atoms with Gasteiger partial charge >= 0.3 is 0 Å². The number of benzene rings is 3. The highest BCUT2D eigenvalue weighted by Gasteiger charge is 2.01. The van der Waals surface area contributed by atoms with Crippen LogP contribution in [-0.4, -0.2) is 11.7 Å². The summed E-state index contributed by atoms with van der Waals surface area (Å²) in [5, 5.41) is 2.60. The predicted octanol–water partition coefficient (Wildman–Crippen LogP) is 5.81. The average molecular weight is 341 g/mol. The maximum absolute atomic E-state index is 5.21. The van der Waals surface area contributed by atoms with Gasteiger partial charge in [-0.1, -0.05) is 36.4 Å². The third kappa shape index (κ3) is 3.65. The van der Waals surface area contributed by atoms with Gasteiger partial charge < -0.3 is 9.30 Å². The molecule has 0 spiro atoms. The molecule has 130 valence electrons. The second-order valence-electron chi connectivity index (χ2n) is 6.66. The normalized spacial score (nSPS) is 11.0. The van der Waals surface area contributed by atoms with Crippen molar-refractivity contribution in [3.8, 4) is 11.4 Å². The lowest BCUT2D eigenvalue weighted by Gasteiger charge is -2.08. The second kappa shape index (κ2) is 7.49. The van der Waals surface area contributed by atoms with E-state index in [-0.39, 0.29) is 0 Å². The Bertz CT molecular complexity index is 985. The molecule has 0 aliphatic carbocycles. The van der Waals surface area contributed by atoms with E-state index in [0.29, 0.717) is 0 Å². The fourth-order valence-electron chi connectivity index (χ4n) is 3.39. The summed E-state index contributed by atoms with van der Waals surface area (Å²) in [7, 11) is 1.70. The monoisotopic (exact) mass is 341 g/mol. The number of methoxy groups -OCH3 is 1. The van der Waals surface area contributed by atoms with Gasteiger partial charge in [-0.15, -0.1) is 0 Å². The van der Waals surface area contributed by atoms with Gasteiger partial charge in [0.1, 0.15) is 5.75 Å². The first kappa shape index (κ1) is 16.5. The third-order valence-electron chi connectivity index (χ3n) is 4.88. The average Bonchev–Trinajstić information content (AvgIpc) is 3.23. The highest BCUT2D eigenvalue weighted by Crippen LogP contribution is 2.21. The van der Waals surface area contributed by atoms with Gasteiger partial charge in [-0.2, -0.15) is 0 Å². The molecule has 0 bridgehead atoms. The van der Waals surface area contributed by atoms with Gasteiger partial charge in [0.05, 0.1) is 7.11 Å². The van der Waals surface area contributed by atoms with Crippen molar-refractivity contribution in [2.45, 2.75) is 19.3 Å². The van der Waals surface area contributed by atoms with Gasteiger partial charge in [-0.05, 0) is 77.6 Å². The number of fused-ring (bicyclic) bond motifs is 1. The van der Waals surface area contributed by atoms with Crippen molar-refractivity contribution in [1.29, 1.82) is 0 Å². The van der Waals surface area contributed by atoms with Crippen LogP contribution in [0, 0.1) is 0 Å². The van der Waals surface area contributed by atoms with Gasteiger partial charge in [-0.25, -0.2) is 0 Å². The maximum atomic E-state index is 5.21. The van der Waals surface area contributed by atoms with Crippen LogP contribution in [0.25, 0.3) is 16.5 Å². The van der Waals surface area contributed by atoms with Crippen molar-refractivity contribution in [3.63, 3.8) is 0 Å². The Morgan fingerprint density at radius 2 is 1.38 bits per heavy atom. The number of aryl methyl sites for hydroxylation is 2. The van der Waals surface area contributed by atoms with E-state index < -0.39 is 0 Å². The minimum absolute atomic E-state index is 0.919.